The molecule has 3 aromatic rings. The lowest BCUT2D eigenvalue weighted by Crippen LogP contribution is -2.46. The highest BCUT2D eigenvalue weighted by molar-refractivity contribution is 5.92. The van der Waals surface area contributed by atoms with Gasteiger partial charge in [-0.3, -0.25) is 9.59 Å². The molecule has 10 nitrogen and oxygen atoms in total. The zero-order valence-corrected chi connectivity index (χ0v) is 19.5. The van der Waals surface area contributed by atoms with Crippen molar-refractivity contribution in [3.8, 4) is 0 Å². The number of hydrogen-bond donors (Lipinski definition) is 1. The minimum atomic E-state index is -2.58. The number of fused-ring (bicyclic) bond motifs is 1. The summed E-state index contributed by atoms with van der Waals surface area (Å²) in [5, 5.41) is 0. The fraction of sp³-hybridized carbons (Fsp3) is 0.478. The van der Waals surface area contributed by atoms with Crippen LogP contribution >= 0.6 is 0 Å². The fourth-order valence-electron chi connectivity index (χ4n) is 4.24. The second-order valence-electron chi connectivity index (χ2n) is 8.64. The lowest BCUT2D eigenvalue weighted by molar-refractivity contribution is -0.132. The number of alkyl halides is 2. The summed E-state index contributed by atoms with van der Waals surface area (Å²) in [5.74, 6) is -0.0619. The predicted octanol–water partition coefficient (Wildman–Crippen LogP) is 2.56. The highest BCUT2D eigenvalue weighted by atomic mass is 19.3. The number of aryl methyl sites for hydroxylation is 1. The van der Waals surface area contributed by atoms with Crippen molar-refractivity contribution in [3.63, 3.8) is 0 Å². The molecule has 186 valence electrons. The van der Waals surface area contributed by atoms with Crippen LogP contribution in [0.5, 0.6) is 0 Å². The third-order valence-corrected chi connectivity index (χ3v) is 6.35. The van der Waals surface area contributed by atoms with Crippen molar-refractivity contribution < 1.29 is 18.4 Å². The van der Waals surface area contributed by atoms with Gasteiger partial charge in [0.25, 0.3) is 12.3 Å². The molecule has 3 aromatic heterocycles. The first-order chi connectivity index (χ1) is 16.8. The zero-order chi connectivity index (χ0) is 24.9. The number of hydrogen-bond acceptors (Lipinski definition) is 7. The Bertz CT molecular complexity index is 1180. The maximum absolute atomic E-state index is 12.7. The SMILES string of the molecule is CN(C(=O)CCCCn1cnc2ccc(C(N)=O)nc21)C1CCN(c2ncc(C(F)F)cn2)CC1. The van der Waals surface area contributed by atoms with Crippen LogP contribution in [-0.4, -0.2) is 67.4 Å². The molecule has 0 spiro atoms. The minimum Gasteiger partial charge on any atom is -0.364 e. The van der Waals surface area contributed by atoms with E-state index in [-0.39, 0.29) is 23.2 Å². The first kappa shape index (κ1) is 24.4. The number of rotatable bonds is 9. The number of halogens is 2. The first-order valence-electron chi connectivity index (χ1n) is 11.6. The van der Waals surface area contributed by atoms with Gasteiger partial charge >= 0.3 is 0 Å². The van der Waals surface area contributed by atoms with Crippen LogP contribution < -0.4 is 10.6 Å². The molecule has 0 aromatic carbocycles. The van der Waals surface area contributed by atoms with Gasteiger partial charge in [0, 0.05) is 51.5 Å². The minimum absolute atomic E-state index is 0.0885. The van der Waals surface area contributed by atoms with Gasteiger partial charge in [0.1, 0.15) is 11.2 Å². The van der Waals surface area contributed by atoms with Crippen molar-refractivity contribution in [3.05, 3.63) is 42.1 Å². The first-order valence-corrected chi connectivity index (χ1v) is 11.6. The Hall–Kier alpha value is -3.70. The van der Waals surface area contributed by atoms with Gasteiger partial charge in [-0.1, -0.05) is 0 Å². The van der Waals surface area contributed by atoms with E-state index in [2.05, 4.69) is 19.9 Å². The highest BCUT2D eigenvalue weighted by Gasteiger charge is 2.26. The van der Waals surface area contributed by atoms with Crippen molar-refractivity contribution >= 4 is 28.9 Å². The van der Waals surface area contributed by atoms with Crippen LogP contribution in [0.1, 0.15) is 54.6 Å². The van der Waals surface area contributed by atoms with E-state index < -0.39 is 12.3 Å². The molecule has 4 heterocycles. The van der Waals surface area contributed by atoms with E-state index in [4.69, 9.17) is 5.73 Å². The summed E-state index contributed by atoms with van der Waals surface area (Å²) in [6, 6.07) is 3.39. The van der Waals surface area contributed by atoms with Crippen LogP contribution in [0.25, 0.3) is 11.2 Å². The molecule has 0 unspecified atom stereocenters. The number of pyridine rings is 1. The van der Waals surface area contributed by atoms with E-state index in [9.17, 15) is 18.4 Å². The second kappa shape index (κ2) is 10.7. The predicted molar refractivity (Wildman–Crippen MR) is 125 cm³/mol. The molecule has 2 N–H and O–H groups in total. The summed E-state index contributed by atoms with van der Waals surface area (Å²) >= 11 is 0. The molecule has 12 heteroatoms. The summed E-state index contributed by atoms with van der Waals surface area (Å²) in [4.78, 5) is 44.6. The molecular weight excluding hydrogens is 458 g/mol. The number of unbranched alkanes of at least 4 members (excludes halogenated alkanes) is 1. The van der Waals surface area contributed by atoms with Gasteiger partial charge < -0.3 is 20.1 Å². The molecule has 0 radical (unpaired) electrons. The van der Waals surface area contributed by atoms with Gasteiger partial charge in [0.15, 0.2) is 5.65 Å². The van der Waals surface area contributed by atoms with E-state index in [1.807, 2.05) is 21.4 Å². The Morgan fingerprint density at radius 1 is 1.14 bits per heavy atom. The van der Waals surface area contributed by atoms with E-state index in [1.54, 1.807) is 18.5 Å². The number of aromatic nitrogens is 5. The summed E-state index contributed by atoms with van der Waals surface area (Å²) in [7, 11) is 1.83. The highest BCUT2D eigenvalue weighted by Crippen LogP contribution is 2.22. The number of anilines is 1. The van der Waals surface area contributed by atoms with Crippen molar-refractivity contribution in [2.45, 2.75) is 51.1 Å². The van der Waals surface area contributed by atoms with Gasteiger partial charge in [-0.25, -0.2) is 28.7 Å². The Labute approximate surface area is 201 Å². The van der Waals surface area contributed by atoms with Crippen molar-refractivity contribution in [2.75, 3.05) is 25.0 Å². The molecular formula is C23H28F2N8O2. The Kier molecular flexibility index (Phi) is 7.47. The third-order valence-electron chi connectivity index (χ3n) is 6.35. The average Bonchev–Trinajstić information content (AvgIpc) is 3.28. The van der Waals surface area contributed by atoms with Gasteiger partial charge in [0.2, 0.25) is 11.9 Å². The maximum Gasteiger partial charge on any atom is 0.267 e. The molecule has 0 saturated carbocycles. The van der Waals surface area contributed by atoms with Crippen molar-refractivity contribution in [2.24, 2.45) is 5.73 Å². The van der Waals surface area contributed by atoms with E-state index in [1.165, 1.54) is 0 Å². The van der Waals surface area contributed by atoms with E-state index >= 15 is 0 Å². The van der Waals surface area contributed by atoms with Gasteiger partial charge in [-0.15, -0.1) is 0 Å². The number of piperidine rings is 1. The third kappa shape index (κ3) is 5.69. The zero-order valence-electron chi connectivity index (χ0n) is 19.5. The number of amides is 2. The number of nitrogens with zero attached hydrogens (tertiary/aromatic N) is 7. The summed E-state index contributed by atoms with van der Waals surface area (Å²) in [6.45, 7) is 1.94. The number of carbonyl (C=O) groups is 2. The normalized spacial score (nSPS) is 14.6. The van der Waals surface area contributed by atoms with Crippen molar-refractivity contribution in [1.29, 1.82) is 0 Å². The average molecular weight is 487 g/mol. The second-order valence-corrected chi connectivity index (χ2v) is 8.64. The summed E-state index contributed by atoms with van der Waals surface area (Å²) in [6.07, 6.45) is 4.84. The maximum atomic E-state index is 12.7. The van der Waals surface area contributed by atoms with Crippen LogP contribution in [0.4, 0.5) is 14.7 Å². The van der Waals surface area contributed by atoms with Gasteiger partial charge in [-0.2, -0.15) is 0 Å². The van der Waals surface area contributed by atoms with Crippen LogP contribution in [0.15, 0.2) is 30.9 Å². The molecule has 4 rings (SSSR count). The number of nitrogens with two attached hydrogens (primary N) is 1. The Morgan fingerprint density at radius 2 is 1.86 bits per heavy atom. The quantitative estimate of drug-likeness (QED) is 0.461. The molecule has 2 amide bonds. The molecule has 0 aliphatic carbocycles. The smallest absolute Gasteiger partial charge is 0.267 e. The standard InChI is InChI=1S/C23H28F2N8O2/c1-31(16-7-10-32(11-8-16)23-27-12-15(13-28-23)20(24)25)19(34)4-2-3-9-33-14-29-18-6-5-17(21(26)35)30-22(18)33/h5-6,12-14,16,20H,2-4,7-11H2,1H3,(H2,26,35). The number of imidazole rings is 1. The molecule has 0 bridgehead atoms. The monoisotopic (exact) mass is 486 g/mol. The number of carbonyl (C=O) groups excluding carboxylic acids is 2. The van der Waals surface area contributed by atoms with Gasteiger partial charge in [-0.05, 0) is 37.8 Å². The molecule has 1 aliphatic heterocycles. The largest absolute Gasteiger partial charge is 0.364 e. The number of primary amides is 1. The molecule has 1 aliphatic rings. The van der Waals surface area contributed by atoms with Crippen LogP contribution in [-0.2, 0) is 11.3 Å². The van der Waals surface area contributed by atoms with E-state index in [0.29, 0.717) is 49.6 Å². The molecule has 0 atom stereocenters. The van der Waals surface area contributed by atoms with Crippen LogP contribution in [0.3, 0.4) is 0 Å². The molecule has 1 fully saturated rings. The van der Waals surface area contributed by atoms with Crippen LogP contribution in [0, 0.1) is 0 Å². The molecule has 35 heavy (non-hydrogen) atoms. The topological polar surface area (TPSA) is 123 Å². The Morgan fingerprint density at radius 3 is 2.51 bits per heavy atom. The molecule has 1 saturated heterocycles. The Balaban J connectivity index is 1.22. The van der Waals surface area contributed by atoms with Crippen LogP contribution in [0.2, 0.25) is 0 Å². The fourth-order valence-corrected chi connectivity index (χ4v) is 4.24. The summed E-state index contributed by atoms with van der Waals surface area (Å²) < 4.78 is 27.2. The summed E-state index contributed by atoms with van der Waals surface area (Å²) in [5.41, 5.74) is 6.60. The van der Waals surface area contributed by atoms with Gasteiger partial charge in [0.05, 0.1) is 11.9 Å². The van der Waals surface area contributed by atoms with E-state index in [0.717, 1.165) is 31.7 Å². The van der Waals surface area contributed by atoms with Crippen molar-refractivity contribution in [1.82, 2.24) is 29.4 Å². The lowest BCUT2D eigenvalue weighted by atomic mass is 10.0. The lowest BCUT2D eigenvalue weighted by Gasteiger charge is -2.36.